The average molecular weight is 243 g/mol. The molecule has 5 nitrogen and oxygen atoms in total. The predicted octanol–water partition coefficient (Wildman–Crippen LogP) is 1.03. The average Bonchev–Trinajstić information content (AvgIpc) is 2.98. The van der Waals surface area contributed by atoms with E-state index >= 15 is 0 Å². The zero-order valence-corrected chi connectivity index (χ0v) is 10.4. The van der Waals surface area contributed by atoms with Gasteiger partial charge in [0.05, 0.1) is 6.42 Å². The van der Waals surface area contributed by atoms with E-state index in [4.69, 9.17) is 9.84 Å². The van der Waals surface area contributed by atoms with Crippen LogP contribution in [0, 0.1) is 11.8 Å². The number of hydrogen-bond donors (Lipinski definition) is 2. The van der Waals surface area contributed by atoms with Crippen LogP contribution < -0.4 is 5.32 Å². The second-order valence-electron chi connectivity index (χ2n) is 4.87. The SMILES string of the molecule is COCC(C)CC(=O)NC(CC(=O)O)C1CC1. The summed E-state index contributed by atoms with van der Waals surface area (Å²) in [6, 6.07) is -0.199. The van der Waals surface area contributed by atoms with Crippen LogP contribution in [0.2, 0.25) is 0 Å². The number of amides is 1. The van der Waals surface area contributed by atoms with E-state index in [2.05, 4.69) is 5.32 Å². The Balaban J connectivity index is 2.33. The first kappa shape index (κ1) is 14.0. The predicted molar refractivity (Wildman–Crippen MR) is 62.6 cm³/mol. The molecule has 98 valence electrons. The summed E-state index contributed by atoms with van der Waals surface area (Å²) in [6.45, 7) is 2.48. The molecule has 1 saturated carbocycles. The molecule has 2 unspecified atom stereocenters. The van der Waals surface area contributed by atoms with Crippen molar-refractivity contribution in [1.29, 1.82) is 0 Å². The zero-order chi connectivity index (χ0) is 12.8. The molecule has 1 aliphatic rings. The molecule has 2 atom stereocenters. The molecule has 0 saturated heterocycles. The summed E-state index contributed by atoms with van der Waals surface area (Å²) in [5, 5.41) is 11.6. The number of carbonyl (C=O) groups is 2. The lowest BCUT2D eigenvalue weighted by molar-refractivity contribution is -0.137. The van der Waals surface area contributed by atoms with Crippen molar-refractivity contribution in [2.45, 2.75) is 38.6 Å². The Labute approximate surface area is 102 Å². The van der Waals surface area contributed by atoms with Gasteiger partial charge in [-0.3, -0.25) is 9.59 Å². The van der Waals surface area contributed by atoms with E-state index in [-0.39, 0.29) is 24.3 Å². The standard InChI is InChI=1S/C12H21NO4/c1-8(7-17-2)5-11(14)13-10(6-12(15)16)9-3-4-9/h8-10H,3-7H2,1-2H3,(H,13,14)(H,15,16). The molecule has 0 radical (unpaired) electrons. The molecule has 0 aliphatic heterocycles. The highest BCUT2D eigenvalue weighted by Crippen LogP contribution is 2.34. The number of carboxylic acid groups (broad SMARTS) is 1. The van der Waals surface area contributed by atoms with Crippen LogP contribution in [0.1, 0.15) is 32.6 Å². The van der Waals surface area contributed by atoms with Crippen LogP contribution in [0.3, 0.4) is 0 Å². The van der Waals surface area contributed by atoms with E-state index in [0.717, 1.165) is 12.8 Å². The van der Waals surface area contributed by atoms with Gasteiger partial charge in [-0.25, -0.2) is 0 Å². The maximum absolute atomic E-state index is 11.7. The van der Waals surface area contributed by atoms with Crippen LogP contribution in [-0.2, 0) is 14.3 Å². The van der Waals surface area contributed by atoms with Crippen molar-refractivity contribution in [3.05, 3.63) is 0 Å². The number of methoxy groups -OCH3 is 1. The van der Waals surface area contributed by atoms with Crippen molar-refractivity contribution in [2.75, 3.05) is 13.7 Å². The lowest BCUT2D eigenvalue weighted by Crippen LogP contribution is -2.38. The molecule has 1 amide bonds. The van der Waals surface area contributed by atoms with Crippen LogP contribution in [-0.4, -0.2) is 36.7 Å². The topological polar surface area (TPSA) is 75.6 Å². The van der Waals surface area contributed by atoms with E-state index in [1.807, 2.05) is 6.92 Å². The molecular weight excluding hydrogens is 222 g/mol. The number of hydrogen-bond acceptors (Lipinski definition) is 3. The first-order valence-electron chi connectivity index (χ1n) is 6.03. The quantitative estimate of drug-likeness (QED) is 0.667. The molecule has 0 aromatic rings. The normalized spacial score (nSPS) is 18.5. The van der Waals surface area contributed by atoms with E-state index in [9.17, 15) is 9.59 Å². The third-order valence-corrected chi connectivity index (χ3v) is 2.92. The monoisotopic (exact) mass is 243 g/mol. The zero-order valence-electron chi connectivity index (χ0n) is 10.4. The number of carbonyl (C=O) groups excluding carboxylic acids is 1. The molecule has 2 N–H and O–H groups in total. The van der Waals surface area contributed by atoms with Crippen LogP contribution in [0.5, 0.6) is 0 Å². The van der Waals surface area contributed by atoms with Crippen molar-refractivity contribution >= 4 is 11.9 Å². The number of ether oxygens (including phenoxy) is 1. The first-order chi connectivity index (χ1) is 8.02. The Bertz CT molecular complexity index is 276. The molecule has 17 heavy (non-hydrogen) atoms. The van der Waals surface area contributed by atoms with Gasteiger partial charge in [-0.15, -0.1) is 0 Å². The molecule has 0 bridgehead atoms. The largest absolute Gasteiger partial charge is 0.481 e. The number of aliphatic carboxylic acids is 1. The second-order valence-corrected chi connectivity index (χ2v) is 4.87. The van der Waals surface area contributed by atoms with Gasteiger partial charge in [0.1, 0.15) is 0 Å². The van der Waals surface area contributed by atoms with Gasteiger partial charge in [0.2, 0.25) is 5.91 Å². The second kappa shape index (κ2) is 6.59. The van der Waals surface area contributed by atoms with Crippen LogP contribution in [0.15, 0.2) is 0 Å². The van der Waals surface area contributed by atoms with Crippen molar-refractivity contribution in [3.8, 4) is 0 Å². The summed E-state index contributed by atoms with van der Waals surface area (Å²) in [5.74, 6) is -0.419. The highest BCUT2D eigenvalue weighted by molar-refractivity contribution is 5.77. The highest BCUT2D eigenvalue weighted by atomic mass is 16.5. The van der Waals surface area contributed by atoms with Gasteiger partial charge in [0.15, 0.2) is 0 Å². The van der Waals surface area contributed by atoms with Gasteiger partial charge < -0.3 is 15.2 Å². The lowest BCUT2D eigenvalue weighted by atomic mass is 10.1. The first-order valence-corrected chi connectivity index (χ1v) is 6.03. The third kappa shape index (κ3) is 5.68. The summed E-state index contributed by atoms with van der Waals surface area (Å²) < 4.78 is 4.96. The minimum Gasteiger partial charge on any atom is -0.481 e. The summed E-state index contributed by atoms with van der Waals surface area (Å²) in [7, 11) is 1.60. The van der Waals surface area contributed by atoms with Gasteiger partial charge in [-0.1, -0.05) is 6.92 Å². The Morgan fingerprint density at radius 2 is 2.06 bits per heavy atom. The van der Waals surface area contributed by atoms with Crippen molar-refractivity contribution in [1.82, 2.24) is 5.32 Å². The van der Waals surface area contributed by atoms with Crippen molar-refractivity contribution < 1.29 is 19.4 Å². The Morgan fingerprint density at radius 3 is 2.53 bits per heavy atom. The van der Waals surface area contributed by atoms with E-state index in [0.29, 0.717) is 18.9 Å². The van der Waals surface area contributed by atoms with Gasteiger partial charge >= 0.3 is 5.97 Å². The van der Waals surface area contributed by atoms with Gasteiger partial charge in [0.25, 0.3) is 0 Å². The fourth-order valence-electron chi connectivity index (χ4n) is 1.95. The molecule has 1 rings (SSSR count). The van der Waals surface area contributed by atoms with Crippen molar-refractivity contribution in [2.24, 2.45) is 11.8 Å². The fraction of sp³-hybridized carbons (Fsp3) is 0.833. The van der Waals surface area contributed by atoms with Gasteiger partial charge in [-0.2, -0.15) is 0 Å². The summed E-state index contributed by atoms with van der Waals surface area (Å²) in [6.07, 6.45) is 2.45. The molecule has 1 aliphatic carbocycles. The molecule has 5 heteroatoms. The smallest absolute Gasteiger partial charge is 0.305 e. The lowest BCUT2D eigenvalue weighted by Gasteiger charge is -2.17. The van der Waals surface area contributed by atoms with Crippen LogP contribution >= 0.6 is 0 Å². The molecule has 1 fully saturated rings. The molecule has 0 aromatic carbocycles. The maximum Gasteiger partial charge on any atom is 0.305 e. The Kier molecular flexibility index (Phi) is 5.41. The number of carboxylic acids is 1. The summed E-state index contributed by atoms with van der Waals surface area (Å²) >= 11 is 0. The molecule has 0 aromatic heterocycles. The van der Waals surface area contributed by atoms with Crippen molar-refractivity contribution in [3.63, 3.8) is 0 Å². The van der Waals surface area contributed by atoms with Crippen LogP contribution in [0.4, 0.5) is 0 Å². The minimum atomic E-state index is -0.855. The maximum atomic E-state index is 11.7. The third-order valence-electron chi connectivity index (χ3n) is 2.92. The highest BCUT2D eigenvalue weighted by Gasteiger charge is 2.33. The van der Waals surface area contributed by atoms with Gasteiger partial charge in [-0.05, 0) is 24.7 Å². The Hall–Kier alpha value is -1.10. The van der Waals surface area contributed by atoms with Gasteiger partial charge in [0, 0.05) is 26.2 Å². The number of nitrogens with one attached hydrogen (secondary N) is 1. The number of rotatable bonds is 8. The molecule has 0 heterocycles. The molecule has 0 spiro atoms. The van der Waals surface area contributed by atoms with E-state index < -0.39 is 5.97 Å². The molecular formula is C12H21NO4. The summed E-state index contributed by atoms with van der Waals surface area (Å²) in [4.78, 5) is 22.4. The van der Waals surface area contributed by atoms with E-state index in [1.165, 1.54) is 0 Å². The summed E-state index contributed by atoms with van der Waals surface area (Å²) in [5.41, 5.74) is 0. The van der Waals surface area contributed by atoms with E-state index in [1.54, 1.807) is 7.11 Å². The minimum absolute atomic E-state index is 0.0229. The fourth-order valence-corrected chi connectivity index (χ4v) is 1.95. The van der Waals surface area contributed by atoms with Crippen LogP contribution in [0.25, 0.3) is 0 Å². The Morgan fingerprint density at radius 1 is 1.41 bits per heavy atom.